The van der Waals surface area contributed by atoms with Crippen LogP contribution in [0.2, 0.25) is 0 Å². The molecule has 0 unspecified atom stereocenters. The highest BCUT2D eigenvalue weighted by atomic mass is 32.3. The Balaban J connectivity index is 5.63. The lowest BCUT2D eigenvalue weighted by atomic mass is 10.5. The molecule has 0 radical (unpaired) electrons. The zero-order valence-corrected chi connectivity index (χ0v) is 10.6. The fourth-order valence-electron chi connectivity index (χ4n) is 0.696. The van der Waals surface area contributed by atoms with Gasteiger partial charge in [-0.25, -0.2) is 13.9 Å². The molecule has 0 aliphatic heterocycles. The van der Waals surface area contributed by atoms with Gasteiger partial charge in [-0.05, 0) is 0 Å². The maximum atomic E-state index is 12.6. The van der Waals surface area contributed by atoms with Gasteiger partial charge in [-0.1, -0.05) is 3.89 Å². The van der Waals surface area contributed by atoms with Crippen LogP contribution in [0.5, 0.6) is 0 Å². The van der Waals surface area contributed by atoms with Gasteiger partial charge in [-0.15, -0.1) is 0 Å². The second-order valence-corrected chi connectivity index (χ2v) is 4.87. The van der Waals surface area contributed by atoms with Crippen LogP contribution in [0, 0.1) is 0 Å². The van der Waals surface area contributed by atoms with Crippen LogP contribution < -0.4 is 0 Å². The third-order valence-electron chi connectivity index (χ3n) is 1.67. The van der Waals surface area contributed by atoms with Crippen molar-refractivity contribution in [1.82, 2.24) is 0 Å². The number of hydrogen-bond donors (Lipinski definition) is 0. The zero-order valence-electron chi connectivity index (χ0n) is 9.78. The molecule has 0 fully saturated rings. The standard InChI is InChI=1S/C6H2F12O4S/c7-1-2(8,9)21-3(10,11)4(12,13)22-5(14,15)6(16,17)23(18,19)20/h1H2. The van der Waals surface area contributed by atoms with Crippen LogP contribution in [0.1, 0.15) is 0 Å². The molecule has 0 bridgehead atoms. The van der Waals surface area contributed by atoms with E-state index in [1.807, 2.05) is 4.74 Å². The van der Waals surface area contributed by atoms with Crippen LogP contribution in [0.25, 0.3) is 0 Å². The first-order valence-electron chi connectivity index (χ1n) is 4.52. The minimum absolute atomic E-state index is 1.51. The van der Waals surface area contributed by atoms with E-state index in [0.717, 1.165) is 0 Å². The van der Waals surface area contributed by atoms with Gasteiger partial charge in [0.25, 0.3) is 0 Å². The maximum absolute atomic E-state index is 12.6. The zero-order chi connectivity index (χ0) is 19.1. The van der Waals surface area contributed by atoms with E-state index in [4.69, 9.17) is 0 Å². The molecule has 4 nitrogen and oxygen atoms in total. The van der Waals surface area contributed by atoms with E-state index < -0.39 is 46.6 Å². The first-order valence-corrected chi connectivity index (χ1v) is 5.90. The third-order valence-corrected chi connectivity index (χ3v) is 2.52. The van der Waals surface area contributed by atoms with Crippen molar-refractivity contribution in [2.75, 3.05) is 6.67 Å². The minimum atomic E-state index is -7.65. The molecule has 0 spiro atoms. The summed E-state index contributed by atoms with van der Waals surface area (Å²) in [5.41, 5.74) is 0. The fourth-order valence-corrected chi connectivity index (χ4v) is 1.02. The summed E-state index contributed by atoms with van der Waals surface area (Å²) >= 11 is 0. The van der Waals surface area contributed by atoms with E-state index in [2.05, 4.69) is 0 Å². The Bertz CT molecular complexity index is 528. The number of ether oxygens (including phenoxy) is 2. The average molecular weight is 398 g/mol. The smallest absolute Gasteiger partial charge is 0.246 e. The Morgan fingerprint density at radius 1 is 0.696 bits per heavy atom. The van der Waals surface area contributed by atoms with Gasteiger partial charge >= 0.3 is 39.9 Å². The average Bonchev–Trinajstić information content (AvgIpc) is 2.24. The fraction of sp³-hybridized carbons (Fsp3) is 1.00. The van der Waals surface area contributed by atoms with Crippen LogP contribution in [-0.4, -0.2) is 44.8 Å². The molecule has 0 aromatic heterocycles. The van der Waals surface area contributed by atoms with Crippen LogP contribution in [-0.2, 0) is 19.7 Å². The Kier molecular flexibility index (Phi) is 5.59. The van der Waals surface area contributed by atoms with Gasteiger partial charge in [-0.2, -0.15) is 52.3 Å². The molecule has 0 atom stereocenters. The molecule has 0 saturated heterocycles. The van der Waals surface area contributed by atoms with E-state index in [1.165, 1.54) is 4.74 Å². The van der Waals surface area contributed by atoms with E-state index in [0.29, 0.717) is 0 Å². The second kappa shape index (κ2) is 5.83. The molecule has 0 N–H and O–H groups in total. The number of alkyl halides is 11. The molecular weight excluding hydrogens is 396 g/mol. The van der Waals surface area contributed by atoms with Crippen molar-refractivity contribution in [1.29, 1.82) is 0 Å². The Hall–Kier alpha value is -0.970. The predicted molar refractivity (Wildman–Crippen MR) is 42.9 cm³/mol. The Morgan fingerprint density at radius 2 is 1.04 bits per heavy atom. The van der Waals surface area contributed by atoms with Crippen molar-refractivity contribution in [3.63, 3.8) is 0 Å². The molecule has 0 saturated carbocycles. The van der Waals surface area contributed by atoms with Gasteiger partial charge in [0.15, 0.2) is 6.67 Å². The van der Waals surface area contributed by atoms with Crippen LogP contribution >= 0.6 is 0 Å². The molecule has 23 heavy (non-hydrogen) atoms. The topological polar surface area (TPSA) is 52.6 Å². The molecule has 0 heterocycles. The van der Waals surface area contributed by atoms with Gasteiger partial charge in [0.2, 0.25) is 0 Å². The monoisotopic (exact) mass is 398 g/mol. The van der Waals surface area contributed by atoms with E-state index in [-0.39, 0.29) is 0 Å². The Labute approximate surface area is 118 Å². The van der Waals surface area contributed by atoms with Crippen molar-refractivity contribution in [3.05, 3.63) is 0 Å². The van der Waals surface area contributed by atoms with Crippen LogP contribution in [0.4, 0.5) is 52.2 Å². The quantitative estimate of drug-likeness (QED) is 0.466. The summed E-state index contributed by atoms with van der Waals surface area (Å²) in [5.74, 6) is 0. The first-order chi connectivity index (χ1) is 9.72. The van der Waals surface area contributed by atoms with Crippen molar-refractivity contribution in [2.45, 2.75) is 29.7 Å². The minimum Gasteiger partial charge on any atom is -0.246 e. The summed E-state index contributed by atoms with van der Waals surface area (Å²) in [6.07, 6.45) is -26.7. The summed E-state index contributed by atoms with van der Waals surface area (Å²) in [5, 5.41) is -7.10. The van der Waals surface area contributed by atoms with Gasteiger partial charge < -0.3 is 0 Å². The molecule has 0 aliphatic rings. The van der Waals surface area contributed by atoms with Gasteiger partial charge in [0.1, 0.15) is 0 Å². The molecule has 0 aromatic carbocycles. The van der Waals surface area contributed by atoms with Crippen molar-refractivity contribution in [2.24, 2.45) is 0 Å². The highest BCUT2D eigenvalue weighted by Gasteiger charge is 2.76. The van der Waals surface area contributed by atoms with Crippen LogP contribution in [0.3, 0.4) is 0 Å². The second-order valence-electron chi connectivity index (χ2n) is 3.48. The number of halogens is 12. The molecular formula is C6H2F12O4S. The van der Waals surface area contributed by atoms with E-state index in [1.54, 1.807) is 0 Å². The first kappa shape index (κ1) is 22.0. The number of rotatable bonds is 8. The van der Waals surface area contributed by atoms with Gasteiger partial charge in [0, 0.05) is 0 Å². The molecule has 0 aromatic rings. The lowest BCUT2D eigenvalue weighted by Gasteiger charge is -2.31. The van der Waals surface area contributed by atoms with Crippen molar-refractivity contribution >= 4 is 10.2 Å². The summed E-state index contributed by atoms with van der Waals surface area (Å²) in [4.78, 5) is 0. The normalized spacial score (nSPS) is 15.8. The lowest BCUT2D eigenvalue weighted by Crippen LogP contribution is -2.57. The van der Waals surface area contributed by atoms with E-state index >= 15 is 0 Å². The predicted octanol–water partition coefficient (Wildman–Crippen LogP) is 3.25. The highest BCUT2D eigenvalue weighted by Crippen LogP contribution is 2.48. The summed E-state index contributed by atoms with van der Waals surface area (Å²) in [7, 11) is -7.65. The lowest BCUT2D eigenvalue weighted by molar-refractivity contribution is -0.523. The van der Waals surface area contributed by atoms with Crippen molar-refractivity contribution in [3.8, 4) is 0 Å². The molecule has 140 valence electrons. The SMILES string of the molecule is O=S(=O)(F)C(F)(F)C(F)(F)OC(F)(F)C(F)(F)OC(F)(F)CF. The summed E-state index contributed by atoms with van der Waals surface area (Å²) in [6.45, 7) is -3.16. The molecule has 17 heteroatoms. The summed E-state index contributed by atoms with van der Waals surface area (Å²) < 4.78 is 170. The highest BCUT2D eigenvalue weighted by molar-refractivity contribution is 7.87. The Morgan fingerprint density at radius 3 is 1.35 bits per heavy atom. The third kappa shape index (κ3) is 4.52. The maximum Gasteiger partial charge on any atom is 0.464 e. The number of hydrogen-bond acceptors (Lipinski definition) is 4. The van der Waals surface area contributed by atoms with Gasteiger partial charge in [0.05, 0.1) is 0 Å². The van der Waals surface area contributed by atoms with E-state index in [9.17, 15) is 60.6 Å². The van der Waals surface area contributed by atoms with Gasteiger partial charge in [-0.3, -0.25) is 0 Å². The molecule has 0 rings (SSSR count). The van der Waals surface area contributed by atoms with Crippen molar-refractivity contribution < 1.29 is 70.1 Å². The summed E-state index contributed by atoms with van der Waals surface area (Å²) in [6, 6.07) is 0. The largest absolute Gasteiger partial charge is 0.464 e. The molecule has 0 aliphatic carbocycles. The van der Waals surface area contributed by atoms with Crippen LogP contribution in [0.15, 0.2) is 0 Å². The molecule has 0 amide bonds.